The predicted octanol–water partition coefficient (Wildman–Crippen LogP) is 0.891. The fourth-order valence-electron chi connectivity index (χ4n) is 1.79. The van der Waals surface area contributed by atoms with E-state index in [-0.39, 0.29) is 11.9 Å². The monoisotopic (exact) mass is 268 g/mol. The number of hydrogen-bond acceptors (Lipinski definition) is 5. The van der Waals surface area contributed by atoms with Crippen LogP contribution >= 0.6 is 0 Å². The van der Waals surface area contributed by atoms with Crippen molar-refractivity contribution >= 4 is 5.84 Å². The molecule has 1 unspecified atom stereocenters. The van der Waals surface area contributed by atoms with Gasteiger partial charge in [-0.2, -0.15) is 5.10 Å². The maximum absolute atomic E-state index is 8.58. The van der Waals surface area contributed by atoms with Crippen LogP contribution in [0.2, 0.25) is 0 Å². The number of amidine groups is 1. The molecule has 0 radical (unpaired) electrons. The Labute approximate surface area is 114 Å². The highest BCUT2D eigenvalue weighted by molar-refractivity contribution is 5.80. The molecular formula is C12H24N6O. The van der Waals surface area contributed by atoms with Crippen LogP contribution < -0.4 is 5.73 Å². The highest BCUT2D eigenvalue weighted by atomic mass is 16.4. The first-order valence-corrected chi connectivity index (χ1v) is 6.47. The molecule has 7 nitrogen and oxygen atoms in total. The number of aromatic nitrogens is 3. The van der Waals surface area contributed by atoms with Crippen LogP contribution in [0.3, 0.4) is 0 Å². The zero-order valence-corrected chi connectivity index (χ0v) is 12.1. The SMILES string of the molecule is CC(C)Cn1ncnc1CN(C)C(C)CC(N)=NO. The molecule has 3 N–H and O–H groups in total. The van der Waals surface area contributed by atoms with Gasteiger partial charge in [0.25, 0.3) is 0 Å². The molecule has 1 rings (SSSR count). The zero-order chi connectivity index (χ0) is 14.4. The number of nitrogens with zero attached hydrogens (tertiary/aromatic N) is 5. The number of hydrogen-bond donors (Lipinski definition) is 2. The number of nitrogens with two attached hydrogens (primary N) is 1. The molecule has 0 amide bonds. The third-order valence-electron chi connectivity index (χ3n) is 3.01. The molecule has 0 saturated carbocycles. The molecule has 1 atom stereocenters. The van der Waals surface area contributed by atoms with E-state index >= 15 is 0 Å². The van der Waals surface area contributed by atoms with E-state index in [1.54, 1.807) is 6.33 Å². The van der Waals surface area contributed by atoms with Crippen molar-refractivity contribution in [2.75, 3.05) is 7.05 Å². The van der Waals surface area contributed by atoms with Gasteiger partial charge in [0.05, 0.1) is 6.54 Å². The summed E-state index contributed by atoms with van der Waals surface area (Å²) in [6.07, 6.45) is 2.10. The summed E-state index contributed by atoms with van der Waals surface area (Å²) >= 11 is 0. The Kier molecular flexibility index (Phi) is 5.75. The molecule has 7 heteroatoms. The van der Waals surface area contributed by atoms with Gasteiger partial charge in [0, 0.05) is 19.0 Å². The summed E-state index contributed by atoms with van der Waals surface area (Å²) in [4.78, 5) is 6.40. The molecule has 0 bridgehead atoms. The van der Waals surface area contributed by atoms with Gasteiger partial charge in [-0.15, -0.1) is 0 Å². The average Bonchev–Trinajstić information content (AvgIpc) is 2.75. The summed E-state index contributed by atoms with van der Waals surface area (Å²) in [7, 11) is 1.99. The van der Waals surface area contributed by atoms with E-state index in [0.717, 1.165) is 12.4 Å². The lowest BCUT2D eigenvalue weighted by atomic mass is 10.2. The van der Waals surface area contributed by atoms with Gasteiger partial charge in [-0.05, 0) is 19.9 Å². The minimum Gasteiger partial charge on any atom is -0.409 e. The van der Waals surface area contributed by atoms with Crippen LogP contribution in [0.1, 0.15) is 33.0 Å². The van der Waals surface area contributed by atoms with Crippen LogP contribution in [-0.4, -0.2) is 43.8 Å². The lowest BCUT2D eigenvalue weighted by molar-refractivity contribution is 0.239. The second kappa shape index (κ2) is 7.08. The predicted molar refractivity (Wildman–Crippen MR) is 73.8 cm³/mol. The van der Waals surface area contributed by atoms with Gasteiger partial charge in [-0.1, -0.05) is 19.0 Å². The van der Waals surface area contributed by atoms with Crippen molar-refractivity contribution in [1.82, 2.24) is 19.7 Å². The van der Waals surface area contributed by atoms with Crippen molar-refractivity contribution in [3.63, 3.8) is 0 Å². The summed E-state index contributed by atoms with van der Waals surface area (Å²) in [5, 5.41) is 15.8. The van der Waals surface area contributed by atoms with E-state index in [1.807, 2.05) is 18.7 Å². The average molecular weight is 268 g/mol. The standard InChI is InChI=1S/C12H24N6O/c1-9(2)6-18-12(14-8-15-18)7-17(4)10(3)5-11(13)16-19/h8-10,19H,5-7H2,1-4H3,(H2,13,16). The molecule has 0 aromatic carbocycles. The molecule has 0 aliphatic heterocycles. The van der Waals surface area contributed by atoms with Crippen LogP contribution in [0, 0.1) is 5.92 Å². The fourth-order valence-corrected chi connectivity index (χ4v) is 1.79. The van der Waals surface area contributed by atoms with Gasteiger partial charge in [-0.25, -0.2) is 9.67 Å². The Hall–Kier alpha value is -1.63. The number of rotatable bonds is 7. The minimum atomic E-state index is 0.167. The quantitative estimate of drug-likeness (QED) is 0.331. The van der Waals surface area contributed by atoms with Gasteiger partial charge in [-0.3, -0.25) is 4.90 Å². The molecule has 1 aromatic rings. The Morgan fingerprint density at radius 3 is 2.79 bits per heavy atom. The molecule has 0 aliphatic carbocycles. The third kappa shape index (κ3) is 4.86. The lowest BCUT2D eigenvalue weighted by Crippen LogP contribution is -2.33. The van der Waals surface area contributed by atoms with Gasteiger partial charge in [0.15, 0.2) is 0 Å². The molecule has 1 aromatic heterocycles. The van der Waals surface area contributed by atoms with E-state index in [1.165, 1.54) is 0 Å². The molecule has 0 spiro atoms. The smallest absolute Gasteiger partial charge is 0.141 e. The van der Waals surface area contributed by atoms with Crippen molar-refractivity contribution in [3.8, 4) is 0 Å². The highest BCUT2D eigenvalue weighted by Gasteiger charge is 2.15. The molecule has 0 aliphatic rings. The first-order chi connectivity index (χ1) is 8.93. The van der Waals surface area contributed by atoms with Crippen LogP contribution in [0.25, 0.3) is 0 Å². The Morgan fingerprint density at radius 2 is 2.21 bits per heavy atom. The van der Waals surface area contributed by atoms with Gasteiger partial charge < -0.3 is 10.9 Å². The normalized spacial score (nSPS) is 14.3. The van der Waals surface area contributed by atoms with E-state index in [9.17, 15) is 0 Å². The molecule has 0 saturated heterocycles. The second-order valence-corrected chi connectivity index (χ2v) is 5.31. The van der Waals surface area contributed by atoms with Gasteiger partial charge in [0.1, 0.15) is 18.0 Å². The molecule has 19 heavy (non-hydrogen) atoms. The fraction of sp³-hybridized carbons (Fsp3) is 0.750. The Balaban J connectivity index is 2.61. The Morgan fingerprint density at radius 1 is 1.53 bits per heavy atom. The minimum absolute atomic E-state index is 0.167. The van der Waals surface area contributed by atoms with Crippen molar-refractivity contribution in [1.29, 1.82) is 0 Å². The first-order valence-electron chi connectivity index (χ1n) is 6.47. The maximum atomic E-state index is 8.58. The summed E-state index contributed by atoms with van der Waals surface area (Å²) in [5.74, 6) is 1.70. The van der Waals surface area contributed by atoms with Crippen LogP contribution in [0.5, 0.6) is 0 Å². The number of oxime groups is 1. The maximum Gasteiger partial charge on any atom is 0.141 e. The largest absolute Gasteiger partial charge is 0.409 e. The summed E-state index contributed by atoms with van der Waals surface area (Å²) in [5.41, 5.74) is 5.52. The Bertz CT molecular complexity index is 414. The van der Waals surface area contributed by atoms with E-state index in [2.05, 4.69) is 34.0 Å². The topological polar surface area (TPSA) is 92.6 Å². The third-order valence-corrected chi connectivity index (χ3v) is 3.01. The van der Waals surface area contributed by atoms with Crippen molar-refractivity contribution < 1.29 is 5.21 Å². The van der Waals surface area contributed by atoms with Crippen LogP contribution in [0.15, 0.2) is 11.5 Å². The molecular weight excluding hydrogens is 244 g/mol. The van der Waals surface area contributed by atoms with Crippen LogP contribution in [0.4, 0.5) is 0 Å². The van der Waals surface area contributed by atoms with Gasteiger partial charge in [0.2, 0.25) is 0 Å². The highest BCUT2D eigenvalue weighted by Crippen LogP contribution is 2.08. The molecule has 108 valence electrons. The van der Waals surface area contributed by atoms with E-state index in [0.29, 0.717) is 18.9 Å². The second-order valence-electron chi connectivity index (χ2n) is 5.31. The summed E-state index contributed by atoms with van der Waals surface area (Å²) < 4.78 is 1.93. The van der Waals surface area contributed by atoms with E-state index in [4.69, 9.17) is 10.9 Å². The zero-order valence-electron chi connectivity index (χ0n) is 12.1. The van der Waals surface area contributed by atoms with Gasteiger partial charge >= 0.3 is 0 Å². The summed E-state index contributed by atoms with van der Waals surface area (Å²) in [6.45, 7) is 7.87. The molecule has 0 fully saturated rings. The van der Waals surface area contributed by atoms with Crippen molar-refractivity contribution in [3.05, 3.63) is 12.2 Å². The van der Waals surface area contributed by atoms with Crippen molar-refractivity contribution in [2.24, 2.45) is 16.8 Å². The summed E-state index contributed by atoms with van der Waals surface area (Å²) in [6, 6.07) is 0.167. The van der Waals surface area contributed by atoms with E-state index < -0.39 is 0 Å². The lowest BCUT2D eigenvalue weighted by Gasteiger charge is -2.24. The molecule has 1 heterocycles. The van der Waals surface area contributed by atoms with Crippen LogP contribution in [-0.2, 0) is 13.1 Å². The first kappa shape index (κ1) is 15.4. The van der Waals surface area contributed by atoms with Crippen molar-refractivity contribution in [2.45, 2.75) is 46.3 Å².